The van der Waals surface area contributed by atoms with E-state index in [-0.39, 0.29) is 22.9 Å². The number of nitrogens with zero attached hydrogens (tertiary/aromatic N) is 6. The molecule has 2 saturated carbocycles. The maximum atomic E-state index is 14.4. The van der Waals surface area contributed by atoms with Crippen molar-refractivity contribution in [3.8, 4) is 46.0 Å². The van der Waals surface area contributed by atoms with Crippen LogP contribution in [0, 0.1) is 67.4 Å². The lowest BCUT2D eigenvalue weighted by Crippen LogP contribution is -2.18. The third-order valence-electron chi connectivity index (χ3n) is 13.7. The third-order valence-corrected chi connectivity index (χ3v) is 13.7. The highest BCUT2D eigenvalue weighted by Gasteiger charge is 2.41. The van der Waals surface area contributed by atoms with Crippen LogP contribution in [0.4, 0.5) is 20.2 Å². The molecule has 68 heavy (non-hydrogen) atoms. The van der Waals surface area contributed by atoms with Crippen LogP contribution in [0.25, 0.3) is 21.8 Å². The highest BCUT2D eigenvalue weighted by Crippen LogP contribution is 2.45. The van der Waals surface area contributed by atoms with Crippen LogP contribution in [-0.2, 0) is 0 Å². The number of likely N-dealkylation sites (tertiary alicyclic amines) is 2. The van der Waals surface area contributed by atoms with Crippen molar-refractivity contribution in [3.05, 3.63) is 117 Å². The lowest BCUT2D eigenvalue weighted by molar-refractivity contribution is -0.385. The standard InChI is InChI=1S/2C25H26FN3O5/c2*1-28-12-16-7-15(8-17(16)13-28)14-33-25-11-21-19(10-24(25)32-2)22(5-6-27-21)34-23-4-3-18(29(30)31)9-20(23)26/h2*3-6,9-11,15-17H,7-8,12-14H2,1-2H3. The summed E-state index contributed by atoms with van der Waals surface area (Å²) in [6.07, 6.45) is 7.85. The molecule has 4 aromatic carbocycles. The van der Waals surface area contributed by atoms with E-state index in [9.17, 15) is 29.0 Å². The molecule has 0 N–H and O–H groups in total. The van der Waals surface area contributed by atoms with Gasteiger partial charge in [-0.3, -0.25) is 30.2 Å². The minimum atomic E-state index is -0.821. The Bertz CT molecular complexity index is 2640. The Balaban J connectivity index is 0.000000170. The topological polar surface area (TPSA) is 174 Å². The van der Waals surface area contributed by atoms with Crippen molar-refractivity contribution in [1.29, 1.82) is 0 Å². The second-order valence-corrected chi connectivity index (χ2v) is 18.4. The fourth-order valence-electron chi connectivity index (χ4n) is 10.6. The van der Waals surface area contributed by atoms with E-state index in [1.165, 1.54) is 76.1 Å². The summed E-state index contributed by atoms with van der Waals surface area (Å²) in [6, 6.07) is 16.9. The highest BCUT2D eigenvalue weighted by molar-refractivity contribution is 5.89. The summed E-state index contributed by atoms with van der Waals surface area (Å²) in [4.78, 5) is 34.1. The van der Waals surface area contributed by atoms with Gasteiger partial charge in [0.05, 0.1) is 60.4 Å². The largest absolute Gasteiger partial charge is 0.493 e. The Morgan fingerprint density at radius 3 is 1.26 bits per heavy atom. The van der Waals surface area contributed by atoms with Crippen molar-refractivity contribution in [2.24, 2.45) is 35.5 Å². The highest BCUT2D eigenvalue weighted by atomic mass is 19.1. The van der Waals surface area contributed by atoms with E-state index in [1.807, 2.05) is 0 Å². The number of rotatable bonds is 14. The van der Waals surface area contributed by atoms with Gasteiger partial charge in [-0.1, -0.05) is 0 Å². The molecule has 2 aliphatic carbocycles. The maximum Gasteiger partial charge on any atom is 0.272 e. The second-order valence-electron chi connectivity index (χ2n) is 18.4. The molecular formula is C50H52F2N6O10. The average Bonchev–Trinajstić information content (AvgIpc) is 4.08. The van der Waals surface area contributed by atoms with Crippen molar-refractivity contribution >= 4 is 33.2 Å². The number of nitro benzene ring substituents is 2. The minimum Gasteiger partial charge on any atom is -0.493 e. The molecular weight excluding hydrogens is 883 g/mol. The smallest absolute Gasteiger partial charge is 0.272 e. The van der Waals surface area contributed by atoms with Gasteiger partial charge in [0.25, 0.3) is 11.4 Å². The predicted octanol–water partition coefficient (Wildman–Crippen LogP) is 10.1. The summed E-state index contributed by atoms with van der Waals surface area (Å²) in [5.74, 6) is 5.22. The SMILES string of the molecule is COc1cc2c(Oc3ccc([N+](=O)[O-])cc3F)ccnc2cc1OCC1CC2CN(C)CC2C1.COc1cc2c(Oc3ccc([N+](=O)[O-])cc3F)ccnc2cc1OCC1CC2CN(C)CC2C1. The molecule has 2 saturated heterocycles. The molecule has 16 nitrogen and oxygen atoms in total. The molecule has 2 aliphatic heterocycles. The van der Waals surface area contributed by atoms with Crippen LogP contribution in [-0.4, -0.2) is 97.3 Å². The van der Waals surface area contributed by atoms with Gasteiger partial charge < -0.3 is 38.2 Å². The first-order valence-corrected chi connectivity index (χ1v) is 22.6. The number of benzene rings is 4. The molecule has 4 heterocycles. The van der Waals surface area contributed by atoms with Crippen LogP contribution in [0.5, 0.6) is 46.0 Å². The monoisotopic (exact) mass is 934 g/mol. The zero-order valence-corrected chi connectivity index (χ0v) is 38.1. The zero-order chi connectivity index (χ0) is 47.6. The first-order chi connectivity index (χ1) is 32.8. The van der Waals surface area contributed by atoms with Gasteiger partial charge in [-0.2, -0.15) is 0 Å². The summed E-state index contributed by atoms with van der Waals surface area (Å²) in [7, 11) is 7.50. The number of methoxy groups -OCH3 is 2. The Morgan fingerprint density at radius 1 is 0.544 bits per heavy atom. The number of ether oxygens (including phenoxy) is 6. The molecule has 18 heteroatoms. The molecule has 0 radical (unpaired) electrons. The van der Waals surface area contributed by atoms with Gasteiger partial charge >= 0.3 is 0 Å². The fraction of sp³-hybridized carbons (Fsp3) is 0.400. The van der Waals surface area contributed by atoms with Crippen molar-refractivity contribution in [1.82, 2.24) is 19.8 Å². The number of hydrogen-bond acceptors (Lipinski definition) is 14. The summed E-state index contributed by atoms with van der Waals surface area (Å²) < 4.78 is 63.7. The van der Waals surface area contributed by atoms with Crippen LogP contribution in [0.15, 0.2) is 85.2 Å². The lowest BCUT2D eigenvalue weighted by Gasteiger charge is -2.17. The van der Waals surface area contributed by atoms with Crippen molar-refractivity contribution < 1.29 is 47.0 Å². The number of nitro groups is 2. The van der Waals surface area contributed by atoms with E-state index < -0.39 is 21.5 Å². The van der Waals surface area contributed by atoms with Gasteiger partial charge in [0, 0.05) is 73.6 Å². The second kappa shape index (κ2) is 19.7. The number of hydrogen-bond donors (Lipinski definition) is 0. The number of halogens is 2. The Hall–Kier alpha value is -6.92. The van der Waals surface area contributed by atoms with E-state index >= 15 is 0 Å². The van der Waals surface area contributed by atoms with E-state index in [2.05, 4.69) is 33.9 Å². The quantitative estimate of drug-likeness (QED) is 0.0745. The molecule has 4 aliphatic rings. The molecule has 0 bridgehead atoms. The molecule has 6 aromatic rings. The molecule has 0 amide bonds. The van der Waals surface area contributed by atoms with Crippen LogP contribution >= 0.6 is 0 Å². The van der Waals surface area contributed by atoms with Crippen molar-refractivity contribution in [3.63, 3.8) is 0 Å². The van der Waals surface area contributed by atoms with Gasteiger partial charge in [-0.25, -0.2) is 8.78 Å². The van der Waals surface area contributed by atoms with Gasteiger partial charge in [-0.15, -0.1) is 0 Å². The Morgan fingerprint density at radius 2 is 0.926 bits per heavy atom. The van der Waals surface area contributed by atoms with E-state index in [4.69, 9.17) is 28.4 Å². The molecule has 0 spiro atoms. The third kappa shape index (κ3) is 10.0. The Labute approximate surface area is 391 Å². The normalized spacial score (nSPS) is 22.0. The first-order valence-electron chi connectivity index (χ1n) is 22.6. The number of aromatic nitrogens is 2. The minimum absolute atomic E-state index is 0.116. The Kier molecular flexibility index (Phi) is 13.4. The van der Waals surface area contributed by atoms with Crippen molar-refractivity contribution in [2.75, 3.05) is 67.7 Å². The number of non-ortho nitro benzene ring substituents is 2. The van der Waals surface area contributed by atoms with Crippen LogP contribution in [0.2, 0.25) is 0 Å². The van der Waals surface area contributed by atoms with Gasteiger partial charge in [0.2, 0.25) is 0 Å². The summed E-state index contributed by atoms with van der Waals surface area (Å²) in [6.45, 7) is 5.93. The lowest BCUT2D eigenvalue weighted by atomic mass is 10.0. The van der Waals surface area contributed by atoms with Crippen LogP contribution < -0.4 is 28.4 Å². The molecule has 10 rings (SSSR count). The van der Waals surface area contributed by atoms with Gasteiger partial charge in [0.15, 0.2) is 46.1 Å². The summed E-state index contributed by atoms with van der Waals surface area (Å²) in [5.41, 5.74) is 0.540. The number of fused-ring (bicyclic) bond motifs is 4. The van der Waals surface area contributed by atoms with Crippen molar-refractivity contribution in [2.45, 2.75) is 25.7 Å². The maximum absolute atomic E-state index is 14.4. The molecule has 2 aromatic heterocycles. The van der Waals surface area contributed by atoms with E-state index in [0.29, 0.717) is 81.4 Å². The van der Waals surface area contributed by atoms with Gasteiger partial charge in [-0.05, 0) is 112 Å². The molecule has 4 atom stereocenters. The van der Waals surface area contributed by atoms with Crippen LogP contribution in [0.3, 0.4) is 0 Å². The summed E-state index contributed by atoms with van der Waals surface area (Å²) in [5, 5.41) is 23.0. The fourth-order valence-corrected chi connectivity index (χ4v) is 10.6. The number of pyridine rings is 2. The molecule has 4 unspecified atom stereocenters. The summed E-state index contributed by atoms with van der Waals surface area (Å²) >= 11 is 0. The predicted molar refractivity (Wildman–Crippen MR) is 248 cm³/mol. The average molecular weight is 935 g/mol. The first kappa shape index (κ1) is 46.2. The van der Waals surface area contributed by atoms with E-state index in [1.54, 1.807) is 63.0 Å². The van der Waals surface area contributed by atoms with Crippen LogP contribution in [0.1, 0.15) is 25.7 Å². The molecule has 4 fully saturated rings. The van der Waals surface area contributed by atoms with E-state index in [0.717, 1.165) is 35.8 Å². The molecule has 356 valence electrons. The zero-order valence-electron chi connectivity index (χ0n) is 38.1. The van der Waals surface area contributed by atoms with Gasteiger partial charge in [0.1, 0.15) is 11.5 Å².